The first-order valence-electron chi connectivity index (χ1n) is 16.1. The van der Waals surface area contributed by atoms with Crippen molar-refractivity contribution in [2.45, 2.75) is 0 Å². The number of hydrogen-bond acceptors (Lipinski definition) is 6. The van der Waals surface area contributed by atoms with Crippen molar-refractivity contribution >= 4 is 32.5 Å². The first kappa shape index (κ1) is 28.8. The third-order valence-electron chi connectivity index (χ3n) is 8.61. The SMILES string of the molecule is c1ccc(-c2nc(-c3ccccc3)nc(-c3ccc(-c4cc(-c5cccc6cccnc56)cc5sc(-c6ccccc6)nc45)cc3)n2)cc1. The molecule has 0 unspecified atom stereocenters. The van der Waals surface area contributed by atoms with Crippen LogP contribution in [0.15, 0.2) is 164 Å². The molecule has 9 rings (SSSR count). The number of pyridine rings is 1. The van der Waals surface area contributed by atoms with Gasteiger partial charge in [-0.15, -0.1) is 11.3 Å². The van der Waals surface area contributed by atoms with Crippen molar-refractivity contribution in [2.24, 2.45) is 0 Å². The third kappa shape index (κ3) is 5.54. The zero-order valence-electron chi connectivity index (χ0n) is 26.2. The molecule has 49 heavy (non-hydrogen) atoms. The quantitative estimate of drug-likeness (QED) is 0.180. The highest BCUT2D eigenvalue weighted by Crippen LogP contribution is 2.41. The van der Waals surface area contributed by atoms with Crippen LogP contribution in [0.5, 0.6) is 0 Å². The Balaban J connectivity index is 1.19. The lowest BCUT2D eigenvalue weighted by molar-refractivity contribution is 1.07. The molecular weight excluding hydrogens is 619 g/mol. The highest BCUT2D eigenvalue weighted by atomic mass is 32.1. The molecule has 0 aliphatic rings. The van der Waals surface area contributed by atoms with Crippen LogP contribution in [0.25, 0.3) is 88.1 Å². The van der Waals surface area contributed by atoms with Gasteiger partial charge >= 0.3 is 0 Å². The van der Waals surface area contributed by atoms with Crippen molar-refractivity contribution in [2.75, 3.05) is 0 Å². The summed E-state index contributed by atoms with van der Waals surface area (Å²) < 4.78 is 1.13. The molecule has 0 aliphatic carbocycles. The lowest BCUT2D eigenvalue weighted by Gasteiger charge is -2.11. The summed E-state index contributed by atoms with van der Waals surface area (Å²) in [5.41, 5.74) is 10.2. The van der Waals surface area contributed by atoms with Crippen LogP contribution in [0, 0.1) is 0 Å². The minimum atomic E-state index is 0.625. The highest BCUT2D eigenvalue weighted by Gasteiger charge is 2.17. The van der Waals surface area contributed by atoms with E-state index in [4.69, 9.17) is 24.9 Å². The third-order valence-corrected chi connectivity index (χ3v) is 9.66. The lowest BCUT2D eigenvalue weighted by atomic mass is 9.96. The van der Waals surface area contributed by atoms with Crippen molar-refractivity contribution in [3.05, 3.63) is 164 Å². The Morgan fingerprint density at radius 1 is 0.367 bits per heavy atom. The van der Waals surface area contributed by atoms with Crippen molar-refractivity contribution in [1.82, 2.24) is 24.9 Å². The highest BCUT2D eigenvalue weighted by molar-refractivity contribution is 7.21. The summed E-state index contributed by atoms with van der Waals surface area (Å²) in [6.45, 7) is 0. The largest absolute Gasteiger partial charge is 0.256 e. The number of fused-ring (bicyclic) bond motifs is 2. The van der Waals surface area contributed by atoms with E-state index in [-0.39, 0.29) is 0 Å². The van der Waals surface area contributed by atoms with Crippen LogP contribution in [0.4, 0.5) is 0 Å². The van der Waals surface area contributed by atoms with Gasteiger partial charge in [0, 0.05) is 45.0 Å². The van der Waals surface area contributed by atoms with Crippen molar-refractivity contribution < 1.29 is 0 Å². The summed E-state index contributed by atoms with van der Waals surface area (Å²) in [6, 6.07) is 53.9. The molecule has 5 nitrogen and oxygen atoms in total. The standard InChI is InChI=1S/C43H27N5S/c1-4-12-30(13-5-1)40-46-41(31-14-6-2-7-15-31)48-42(47-40)32-23-21-28(22-24-32)36-26-34(35-20-10-18-29-19-11-25-44-38(29)35)27-37-39(36)45-43(49-37)33-16-8-3-9-17-33/h1-27H. The Hall–Kier alpha value is -6.37. The molecule has 0 amide bonds. The molecule has 3 aromatic heterocycles. The van der Waals surface area contributed by atoms with Gasteiger partial charge in [0.2, 0.25) is 0 Å². The lowest BCUT2D eigenvalue weighted by Crippen LogP contribution is -2.00. The molecule has 3 heterocycles. The number of rotatable bonds is 6. The van der Waals surface area contributed by atoms with Gasteiger partial charge in [-0.1, -0.05) is 140 Å². The van der Waals surface area contributed by atoms with Crippen LogP contribution >= 0.6 is 11.3 Å². The van der Waals surface area contributed by atoms with Gasteiger partial charge in [-0.05, 0) is 29.3 Å². The van der Waals surface area contributed by atoms with E-state index in [1.54, 1.807) is 11.3 Å². The van der Waals surface area contributed by atoms with Gasteiger partial charge < -0.3 is 0 Å². The van der Waals surface area contributed by atoms with Gasteiger partial charge in [-0.3, -0.25) is 4.98 Å². The first-order valence-corrected chi connectivity index (χ1v) is 16.9. The monoisotopic (exact) mass is 645 g/mol. The van der Waals surface area contributed by atoms with Gasteiger partial charge in [0.05, 0.1) is 15.7 Å². The Bertz CT molecular complexity index is 2520. The average molecular weight is 646 g/mol. The maximum atomic E-state index is 5.20. The summed E-state index contributed by atoms with van der Waals surface area (Å²) in [6.07, 6.45) is 1.86. The van der Waals surface area contributed by atoms with E-state index in [2.05, 4.69) is 84.9 Å². The molecular formula is C43H27N5S. The van der Waals surface area contributed by atoms with Crippen molar-refractivity contribution in [3.63, 3.8) is 0 Å². The number of thiazole rings is 1. The topological polar surface area (TPSA) is 64.5 Å². The number of para-hydroxylation sites is 1. The summed E-state index contributed by atoms with van der Waals surface area (Å²) in [5.74, 6) is 1.91. The second-order valence-electron chi connectivity index (χ2n) is 11.8. The van der Waals surface area contributed by atoms with Gasteiger partial charge in [0.1, 0.15) is 5.01 Å². The zero-order chi connectivity index (χ0) is 32.6. The van der Waals surface area contributed by atoms with Crippen LogP contribution in [0.2, 0.25) is 0 Å². The Morgan fingerprint density at radius 2 is 0.918 bits per heavy atom. The molecule has 0 aliphatic heterocycles. The second-order valence-corrected chi connectivity index (χ2v) is 12.8. The predicted molar refractivity (Wildman–Crippen MR) is 201 cm³/mol. The zero-order valence-corrected chi connectivity index (χ0v) is 27.0. The average Bonchev–Trinajstić information content (AvgIpc) is 3.63. The Morgan fingerprint density at radius 3 is 1.55 bits per heavy atom. The molecule has 0 saturated carbocycles. The van der Waals surface area contributed by atoms with Gasteiger partial charge in [-0.2, -0.15) is 0 Å². The van der Waals surface area contributed by atoms with E-state index < -0.39 is 0 Å². The predicted octanol–water partition coefficient (Wildman–Crippen LogP) is 11.0. The second kappa shape index (κ2) is 12.3. The van der Waals surface area contributed by atoms with E-state index in [0.717, 1.165) is 70.6 Å². The molecule has 6 aromatic carbocycles. The van der Waals surface area contributed by atoms with Gasteiger partial charge in [0.25, 0.3) is 0 Å². The molecule has 0 bridgehead atoms. The van der Waals surface area contributed by atoms with E-state index in [9.17, 15) is 0 Å². The molecule has 0 radical (unpaired) electrons. The van der Waals surface area contributed by atoms with Crippen LogP contribution in [-0.4, -0.2) is 24.9 Å². The molecule has 0 atom stereocenters. The normalized spacial score (nSPS) is 11.3. The van der Waals surface area contributed by atoms with E-state index in [1.807, 2.05) is 79.0 Å². The number of aromatic nitrogens is 5. The van der Waals surface area contributed by atoms with Gasteiger partial charge in [-0.25, -0.2) is 19.9 Å². The number of benzene rings is 6. The Kier molecular flexibility index (Phi) is 7.26. The summed E-state index contributed by atoms with van der Waals surface area (Å²) in [5, 5.41) is 2.11. The molecule has 0 fully saturated rings. The summed E-state index contributed by atoms with van der Waals surface area (Å²) in [4.78, 5) is 24.7. The minimum absolute atomic E-state index is 0.625. The number of hydrogen-bond donors (Lipinski definition) is 0. The molecule has 6 heteroatoms. The van der Waals surface area contributed by atoms with E-state index >= 15 is 0 Å². The maximum absolute atomic E-state index is 5.20. The van der Waals surface area contributed by atoms with E-state index in [1.165, 1.54) is 0 Å². The fourth-order valence-corrected chi connectivity index (χ4v) is 7.22. The van der Waals surface area contributed by atoms with Crippen LogP contribution in [-0.2, 0) is 0 Å². The molecule has 0 saturated heterocycles. The van der Waals surface area contributed by atoms with Crippen molar-refractivity contribution in [3.8, 4) is 67.0 Å². The van der Waals surface area contributed by atoms with Crippen molar-refractivity contribution in [1.29, 1.82) is 0 Å². The fraction of sp³-hybridized carbons (Fsp3) is 0. The number of nitrogens with zero attached hydrogens (tertiary/aromatic N) is 5. The van der Waals surface area contributed by atoms with Crippen LogP contribution in [0.3, 0.4) is 0 Å². The minimum Gasteiger partial charge on any atom is -0.256 e. The van der Waals surface area contributed by atoms with Gasteiger partial charge in [0.15, 0.2) is 17.5 Å². The van der Waals surface area contributed by atoms with Crippen LogP contribution in [0.1, 0.15) is 0 Å². The molecule has 9 aromatic rings. The summed E-state index contributed by atoms with van der Waals surface area (Å²) in [7, 11) is 0. The summed E-state index contributed by atoms with van der Waals surface area (Å²) >= 11 is 1.71. The molecule has 0 spiro atoms. The maximum Gasteiger partial charge on any atom is 0.164 e. The molecule has 0 N–H and O–H groups in total. The fourth-order valence-electron chi connectivity index (χ4n) is 6.18. The molecule has 230 valence electrons. The van der Waals surface area contributed by atoms with E-state index in [0.29, 0.717) is 17.5 Å². The smallest absolute Gasteiger partial charge is 0.164 e. The Labute approximate surface area is 287 Å². The van der Waals surface area contributed by atoms with Crippen LogP contribution < -0.4 is 0 Å². The first-order chi connectivity index (χ1) is 24.3.